The second-order valence-corrected chi connectivity index (χ2v) is 5.20. The summed E-state index contributed by atoms with van der Waals surface area (Å²) in [4.78, 5) is 0. The van der Waals surface area contributed by atoms with Gasteiger partial charge in [0, 0.05) is 6.07 Å². The zero-order chi connectivity index (χ0) is 14.5. The van der Waals surface area contributed by atoms with E-state index in [1.807, 2.05) is 0 Å². The lowest BCUT2D eigenvalue weighted by atomic mass is 9.94. The van der Waals surface area contributed by atoms with Crippen LogP contribution < -0.4 is 0 Å². The first-order chi connectivity index (χ1) is 9.54. The fourth-order valence-corrected chi connectivity index (χ4v) is 2.33. The Morgan fingerprint density at radius 3 is 2.20 bits per heavy atom. The molecule has 20 heavy (non-hydrogen) atoms. The maximum absolute atomic E-state index is 12.8. The monoisotopic (exact) mass is 274 g/mol. The fraction of sp³-hybridized carbons (Fsp3) is 0.294. The molecule has 0 aliphatic carbocycles. The van der Waals surface area contributed by atoms with E-state index in [4.69, 9.17) is 0 Å². The molecule has 1 unspecified atom stereocenters. The summed E-state index contributed by atoms with van der Waals surface area (Å²) in [5.41, 5.74) is 2.05. The van der Waals surface area contributed by atoms with Crippen LogP contribution in [-0.4, -0.2) is 10.2 Å². The summed E-state index contributed by atoms with van der Waals surface area (Å²) in [5.74, 6) is 0.224. The number of hydrogen-bond acceptors (Lipinski definition) is 2. The second-order valence-electron chi connectivity index (χ2n) is 5.20. The molecule has 0 fully saturated rings. The molecule has 3 heteroatoms. The molecule has 0 saturated heterocycles. The molecule has 2 aromatic carbocycles. The highest BCUT2D eigenvalue weighted by Crippen LogP contribution is 2.28. The lowest BCUT2D eigenvalue weighted by Crippen LogP contribution is -1.95. The Labute approximate surface area is 118 Å². The smallest absolute Gasteiger partial charge is 0.123 e. The molecule has 1 atom stereocenters. The van der Waals surface area contributed by atoms with Crippen molar-refractivity contribution in [1.82, 2.24) is 0 Å². The predicted octanol–water partition coefficient (Wildman–Crippen LogP) is 4.36. The number of rotatable bonds is 5. The second kappa shape index (κ2) is 6.42. The minimum Gasteiger partial charge on any atom is -0.508 e. The summed E-state index contributed by atoms with van der Waals surface area (Å²) in [5, 5.41) is 19.0. The van der Waals surface area contributed by atoms with E-state index in [9.17, 15) is 14.6 Å². The van der Waals surface area contributed by atoms with E-state index in [1.165, 1.54) is 18.2 Å². The minimum atomic E-state index is -0.211. The van der Waals surface area contributed by atoms with Crippen molar-refractivity contribution in [3.05, 3.63) is 59.4 Å². The Morgan fingerprint density at radius 2 is 1.60 bits per heavy atom. The van der Waals surface area contributed by atoms with E-state index >= 15 is 0 Å². The van der Waals surface area contributed by atoms with E-state index < -0.39 is 0 Å². The molecule has 0 aromatic heterocycles. The van der Waals surface area contributed by atoms with Gasteiger partial charge in [-0.2, -0.15) is 0 Å². The normalized spacial score (nSPS) is 12.3. The number of phenolic OH excluding ortho intramolecular Hbond substituents is 2. The molecule has 2 nitrogen and oxygen atoms in total. The molecule has 106 valence electrons. The average Bonchev–Trinajstić information content (AvgIpc) is 2.40. The van der Waals surface area contributed by atoms with Crippen LogP contribution in [0.4, 0.5) is 4.39 Å². The third kappa shape index (κ3) is 3.98. The van der Waals surface area contributed by atoms with Crippen LogP contribution in [0.25, 0.3) is 0 Å². The van der Waals surface area contributed by atoms with Gasteiger partial charge in [0.05, 0.1) is 0 Å². The molecule has 0 amide bonds. The average molecular weight is 274 g/mol. The Bertz CT molecular complexity index is 543. The summed E-state index contributed by atoms with van der Waals surface area (Å²) in [6, 6.07) is 11.3. The van der Waals surface area contributed by atoms with Gasteiger partial charge >= 0.3 is 0 Å². The first kappa shape index (κ1) is 14.4. The number of phenols is 2. The summed E-state index contributed by atoms with van der Waals surface area (Å²) >= 11 is 0. The van der Waals surface area contributed by atoms with Crippen molar-refractivity contribution in [2.45, 2.75) is 32.1 Å². The zero-order valence-electron chi connectivity index (χ0n) is 11.5. The van der Waals surface area contributed by atoms with Crippen molar-refractivity contribution in [3.63, 3.8) is 0 Å². The fourth-order valence-electron chi connectivity index (χ4n) is 2.33. The van der Waals surface area contributed by atoms with Gasteiger partial charge in [-0.1, -0.05) is 19.1 Å². The van der Waals surface area contributed by atoms with Crippen molar-refractivity contribution in [2.24, 2.45) is 0 Å². The molecule has 2 rings (SSSR count). The van der Waals surface area contributed by atoms with E-state index in [0.717, 1.165) is 30.4 Å². The van der Waals surface area contributed by atoms with Crippen molar-refractivity contribution in [3.8, 4) is 11.5 Å². The lowest BCUT2D eigenvalue weighted by molar-refractivity contribution is 0.447. The van der Waals surface area contributed by atoms with Gasteiger partial charge in [-0.3, -0.25) is 0 Å². The Kier molecular flexibility index (Phi) is 4.61. The number of hydrogen-bond donors (Lipinski definition) is 2. The van der Waals surface area contributed by atoms with Crippen LogP contribution in [0.5, 0.6) is 11.5 Å². The van der Waals surface area contributed by atoms with E-state index in [1.54, 1.807) is 24.3 Å². The highest BCUT2D eigenvalue weighted by atomic mass is 19.1. The van der Waals surface area contributed by atoms with E-state index in [0.29, 0.717) is 0 Å². The Hall–Kier alpha value is -2.03. The SMILES string of the molecule is CC(CCCc1ccc(F)cc1)c1cc(O)cc(O)c1. The standard InChI is InChI=1S/C17H19FO2/c1-12(14-9-16(19)11-17(20)10-14)3-2-4-13-5-7-15(18)8-6-13/h5-12,19-20H,2-4H2,1H3. The van der Waals surface area contributed by atoms with Gasteiger partial charge in [0.15, 0.2) is 0 Å². The Morgan fingerprint density at radius 1 is 1.00 bits per heavy atom. The summed E-state index contributed by atoms with van der Waals surface area (Å²) in [6.07, 6.45) is 2.82. The number of benzene rings is 2. The molecule has 0 bridgehead atoms. The molecule has 0 heterocycles. The van der Waals surface area contributed by atoms with Gasteiger partial charge < -0.3 is 10.2 Å². The number of halogens is 1. The van der Waals surface area contributed by atoms with E-state index in [-0.39, 0.29) is 23.2 Å². The molecule has 2 aromatic rings. The molecule has 0 saturated carbocycles. The predicted molar refractivity (Wildman–Crippen MR) is 77.5 cm³/mol. The van der Waals surface area contributed by atoms with Gasteiger partial charge in [0.25, 0.3) is 0 Å². The third-order valence-corrected chi connectivity index (χ3v) is 3.51. The lowest BCUT2D eigenvalue weighted by Gasteiger charge is -2.12. The number of aryl methyl sites for hydroxylation is 1. The highest BCUT2D eigenvalue weighted by Gasteiger charge is 2.08. The summed E-state index contributed by atoms with van der Waals surface area (Å²) in [6.45, 7) is 2.07. The van der Waals surface area contributed by atoms with Crippen LogP contribution >= 0.6 is 0 Å². The van der Waals surface area contributed by atoms with Crippen LogP contribution in [0.3, 0.4) is 0 Å². The maximum atomic E-state index is 12.8. The highest BCUT2D eigenvalue weighted by molar-refractivity contribution is 5.38. The molecule has 2 N–H and O–H groups in total. The van der Waals surface area contributed by atoms with Gasteiger partial charge in [-0.05, 0) is 60.6 Å². The Balaban J connectivity index is 1.88. The van der Waals surface area contributed by atoms with Crippen LogP contribution in [-0.2, 0) is 6.42 Å². The summed E-state index contributed by atoms with van der Waals surface area (Å²) < 4.78 is 12.8. The summed E-state index contributed by atoms with van der Waals surface area (Å²) in [7, 11) is 0. The molecule has 0 aliphatic heterocycles. The van der Waals surface area contributed by atoms with Gasteiger partial charge in [-0.25, -0.2) is 4.39 Å². The first-order valence-electron chi connectivity index (χ1n) is 6.82. The molecule has 0 spiro atoms. The first-order valence-corrected chi connectivity index (χ1v) is 6.82. The van der Waals surface area contributed by atoms with Crippen molar-refractivity contribution in [1.29, 1.82) is 0 Å². The zero-order valence-corrected chi connectivity index (χ0v) is 11.5. The van der Waals surface area contributed by atoms with Gasteiger partial charge in [-0.15, -0.1) is 0 Å². The molecule has 0 aliphatic rings. The minimum absolute atomic E-state index is 0.0883. The van der Waals surface area contributed by atoms with E-state index in [2.05, 4.69) is 6.92 Å². The van der Waals surface area contributed by atoms with Crippen LogP contribution in [0.2, 0.25) is 0 Å². The number of aromatic hydroxyl groups is 2. The molecular formula is C17H19FO2. The molecule has 0 radical (unpaired) electrons. The van der Waals surface area contributed by atoms with Crippen molar-refractivity contribution in [2.75, 3.05) is 0 Å². The molecular weight excluding hydrogens is 255 g/mol. The third-order valence-electron chi connectivity index (χ3n) is 3.51. The van der Waals surface area contributed by atoms with Crippen LogP contribution in [0.1, 0.15) is 36.8 Å². The maximum Gasteiger partial charge on any atom is 0.123 e. The largest absolute Gasteiger partial charge is 0.508 e. The topological polar surface area (TPSA) is 40.5 Å². The van der Waals surface area contributed by atoms with Crippen molar-refractivity contribution >= 4 is 0 Å². The van der Waals surface area contributed by atoms with Gasteiger partial charge in [0.2, 0.25) is 0 Å². The van der Waals surface area contributed by atoms with Crippen LogP contribution in [0, 0.1) is 5.82 Å². The van der Waals surface area contributed by atoms with Crippen molar-refractivity contribution < 1.29 is 14.6 Å². The van der Waals surface area contributed by atoms with Crippen LogP contribution in [0.15, 0.2) is 42.5 Å². The quantitative estimate of drug-likeness (QED) is 0.850. The van der Waals surface area contributed by atoms with Gasteiger partial charge in [0.1, 0.15) is 17.3 Å².